The van der Waals surface area contributed by atoms with Gasteiger partial charge in [0.05, 0.1) is 11.7 Å². The Morgan fingerprint density at radius 1 is 1.19 bits per heavy atom. The molecule has 4 heterocycles. The van der Waals surface area contributed by atoms with Gasteiger partial charge < -0.3 is 9.47 Å². The van der Waals surface area contributed by atoms with Gasteiger partial charge in [0.1, 0.15) is 5.82 Å². The maximum Gasteiger partial charge on any atom is 0.228 e. The first kappa shape index (κ1) is 16.9. The zero-order valence-electron chi connectivity index (χ0n) is 15.5. The molecule has 2 fully saturated rings. The van der Waals surface area contributed by atoms with E-state index in [4.69, 9.17) is 4.98 Å². The highest BCUT2D eigenvalue weighted by molar-refractivity contribution is 7.09. The third-order valence-corrected chi connectivity index (χ3v) is 6.48. The smallest absolute Gasteiger partial charge is 0.228 e. The Kier molecular flexibility index (Phi) is 3.82. The molecule has 2 aromatic heterocycles. The molecule has 142 valence electrons. The van der Waals surface area contributed by atoms with Crippen molar-refractivity contribution < 1.29 is 9.59 Å². The summed E-state index contributed by atoms with van der Waals surface area (Å²) < 4.78 is 6.43. The molecule has 0 bridgehead atoms. The molecule has 27 heavy (non-hydrogen) atoms. The molecule has 1 saturated carbocycles. The molecule has 2 amide bonds. The molecule has 8 nitrogen and oxygen atoms in total. The lowest BCUT2D eigenvalue weighted by molar-refractivity contribution is -0.135. The third kappa shape index (κ3) is 2.67. The van der Waals surface area contributed by atoms with Gasteiger partial charge in [0.15, 0.2) is 16.6 Å². The summed E-state index contributed by atoms with van der Waals surface area (Å²) in [7, 11) is 0. The molecule has 3 aliphatic rings. The van der Waals surface area contributed by atoms with Gasteiger partial charge in [-0.3, -0.25) is 14.5 Å². The first-order chi connectivity index (χ1) is 13.0. The van der Waals surface area contributed by atoms with Crippen molar-refractivity contribution >= 4 is 29.2 Å². The first-order valence-corrected chi connectivity index (χ1v) is 10.3. The fourth-order valence-electron chi connectivity index (χ4n) is 4.13. The van der Waals surface area contributed by atoms with Crippen molar-refractivity contribution in [1.29, 1.82) is 0 Å². The van der Waals surface area contributed by atoms with E-state index < -0.39 is 0 Å². The second-order valence-electron chi connectivity index (χ2n) is 7.57. The van der Waals surface area contributed by atoms with Crippen LogP contribution < -0.4 is 4.90 Å². The van der Waals surface area contributed by atoms with Gasteiger partial charge in [0, 0.05) is 32.0 Å². The fourth-order valence-corrected chi connectivity index (χ4v) is 4.80. The van der Waals surface area contributed by atoms with Crippen molar-refractivity contribution in [3.63, 3.8) is 0 Å². The minimum atomic E-state index is -0.106. The van der Waals surface area contributed by atoms with Gasteiger partial charge in [0.2, 0.25) is 11.8 Å². The average molecular weight is 386 g/mol. The number of hydrogen-bond donors (Lipinski definition) is 0. The summed E-state index contributed by atoms with van der Waals surface area (Å²) in [5, 5.41) is 0.765. The van der Waals surface area contributed by atoms with Crippen LogP contribution in [0.15, 0.2) is 0 Å². The zero-order chi connectivity index (χ0) is 18.7. The van der Waals surface area contributed by atoms with Crippen molar-refractivity contribution in [2.24, 2.45) is 5.92 Å². The molecule has 1 aliphatic carbocycles. The largest absolute Gasteiger partial charge is 0.332 e. The van der Waals surface area contributed by atoms with Gasteiger partial charge in [-0.1, -0.05) is 0 Å². The van der Waals surface area contributed by atoms with Gasteiger partial charge in [-0.25, -0.2) is 9.97 Å². The monoisotopic (exact) mass is 386 g/mol. The van der Waals surface area contributed by atoms with Gasteiger partial charge >= 0.3 is 0 Å². The van der Waals surface area contributed by atoms with Crippen LogP contribution in [-0.4, -0.2) is 48.7 Å². The number of carbonyl (C=O) groups excluding carboxylic acids is 2. The summed E-state index contributed by atoms with van der Waals surface area (Å²) in [4.78, 5) is 38.3. The van der Waals surface area contributed by atoms with Crippen LogP contribution in [0.4, 0.5) is 5.82 Å². The summed E-state index contributed by atoms with van der Waals surface area (Å²) >= 11 is 1.33. The molecule has 1 saturated heterocycles. The Morgan fingerprint density at radius 2 is 2.00 bits per heavy atom. The molecule has 0 spiro atoms. The maximum atomic E-state index is 12.8. The highest BCUT2D eigenvalue weighted by atomic mass is 32.1. The number of hydrogen-bond acceptors (Lipinski definition) is 6. The zero-order valence-corrected chi connectivity index (χ0v) is 16.3. The highest BCUT2D eigenvalue weighted by Crippen LogP contribution is 2.41. The predicted molar refractivity (Wildman–Crippen MR) is 100 cm³/mol. The molecule has 1 atom stereocenters. The lowest BCUT2D eigenvalue weighted by Crippen LogP contribution is -2.42. The van der Waals surface area contributed by atoms with E-state index in [0.717, 1.165) is 41.6 Å². The Labute approximate surface area is 161 Å². The third-order valence-electron chi connectivity index (χ3n) is 5.67. The fraction of sp³-hybridized carbons (Fsp3) is 0.611. The number of anilines is 1. The summed E-state index contributed by atoms with van der Waals surface area (Å²) in [6.45, 7) is 5.93. The maximum absolute atomic E-state index is 12.8. The molecule has 0 aromatic carbocycles. The van der Waals surface area contributed by atoms with Crippen LogP contribution in [0.2, 0.25) is 0 Å². The van der Waals surface area contributed by atoms with Crippen LogP contribution in [0, 0.1) is 12.8 Å². The van der Waals surface area contributed by atoms with Crippen molar-refractivity contribution in [2.75, 3.05) is 18.0 Å². The van der Waals surface area contributed by atoms with Gasteiger partial charge in [0.25, 0.3) is 0 Å². The predicted octanol–water partition coefficient (Wildman–Crippen LogP) is 2.15. The molecule has 2 aromatic rings. The Bertz CT molecular complexity index is 930. The number of aryl methyl sites for hydroxylation is 1. The second-order valence-corrected chi connectivity index (χ2v) is 8.33. The Hall–Kier alpha value is -2.29. The van der Waals surface area contributed by atoms with E-state index >= 15 is 0 Å². The topological polar surface area (TPSA) is 84.2 Å². The summed E-state index contributed by atoms with van der Waals surface area (Å²) in [6.07, 6.45) is 3.39. The van der Waals surface area contributed by atoms with Crippen LogP contribution in [0.3, 0.4) is 0 Å². The van der Waals surface area contributed by atoms with E-state index in [0.29, 0.717) is 31.9 Å². The second kappa shape index (κ2) is 6.12. The lowest BCUT2D eigenvalue weighted by Gasteiger charge is -2.36. The van der Waals surface area contributed by atoms with E-state index in [1.54, 1.807) is 4.90 Å². The van der Waals surface area contributed by atoms with E-state index in [9.17, 15) is 9.59 Å². The SMILES string of the molecule is Cc1nsc(-c2nc(N3CCCC3=O)c3n2CCN(C(=O)C2CC2)C3C)n1. The van der Waals surface area contributed by atoms with Crippen LogP contribution >= 0.6 is 11.5 Å². The average Bonchev–Trinajstić information content (AvgIpc) is 3.09. The minimum Gasteiger partial charge on any atom is -0.332 e. The number of fused-ring (bicyclic) bond motifs is 1. The number of imidazole rings is 1. The van der Waals surface area contributed by atoms with Crippen LogP contribution in [-0.2, 0) is 16.1 Å². The molecule has 0 N–H and O–H groups in total. The van der Waals surface area contributed by atoms with E-state index in [2.05, 4.69) is 13.9 Å². The van der Waals surface area contributed by atoms with Gasteiger partial charge in [-0.15, -0.1) is 0 Å². The lowest BCUT2D eigenvalue weighted by atomic mass is 10.1. The Balaban J connectivity index is 1.62. The van der Waals surface area contributed by atoms with Crippen LogP contribution in [0.25, 0.3) is 10.8 Å². The molecular weight excluding hydrogens is 364 g/mol. The van der Waals surface area contributed by atoms with E-state index in [1.165, 1.54) is 11.5 Å². The minimum absolute atomic E-state index is 0.105. The van der Waals surface area contributed by atoms with Gasteiger partial charge in [-0.05, 0) is 44.6 Å². The summed E-state index contributed by atoms with van der Waals surface area (Å²) in [5.74, 6) is 2.71. The van der Waals surface area contributed by atoms with Crippen LogP contribution in [0.5, 0.6) is 0 Å². The van der Waals surface area contributed by atoms with Crippen molar-refractivity contribution in [2.45, 2.75) is 52.1 Å². The molecule has 2 aliphatic heterocycles. The number of rotatable bonds is 3. The first-order valence-electron chi connectivity index (χ1n) is 9.56. The quantitative estimate of drug-likeness (QED) is 0.807. The number of amides is 2. The highest BCUT2D eigenvalue weighted by Gasteiger charge is 2.41. The van der Waals surface area contributed by atoms with Crippen LogP contribution in [0.1, 0.15) is 50.2 Å². The summed E-state index contributed by atoms with van der Waals surface area (Å²) in [5.41, 5.74) is 0.952. The van der Waals surface area contributed by atoms with E-state index in [1.807, 2.05) is 18.7 Å². The van der Waals surface area contributed by atoms with Gasteiger partial charge in [-0.2, -0.15) is 4.37 Å². The van der Waals surface area contributed by atoms with Crippen molar-refractivity contribution in [3.05, 3.63) is 11.5 Å². The molecule has 1 unspecified atom stereocenters. The number of nitrogens with zero attached hydrogens (tertiary/aromatic N) is 6. The van der Waals surface area contributed by atoms with Crippen molar-refractivity contribution in [3.8, 4) is 10.8 Å². The Morgan fingerprint density at radius 3 is 2.63 bits per heavy atom. The van der Waals surface area contributed by atoms with Crippen molar-refractivity contribution in [1.82, 2.24) is 23.8 Å². The standard InChI is InChI=1S/C18H22N6O2S/c1-10-14-15(23-7-3-4-13(23)25)20-16(17-19-11(2)21-27-17)24(14)9-8-22(10)18(26)12-5-6-12/h10,12H,3-9H2,1-2H3. The molecule has 5 rings (SSSR count). The number of carbonyl (C=O) groups is 2. The molecule has 0 radical (unpaired) electrons. The summed E-state index contributed by atoms with van der Waals surface area (Å²) in [6, 6.07) is -0.106. The number of aromatic nitrogens is 4. The van der Waals surface area contributed by atoms with E-state index in [-0.39, 0.29) is 23.8 Å². The molecule has 9 heteroatoms. The molecular formula is C18H22N6O2S. The normalized spacial score (nSPS) is 22.4.